The van der Waals surface area contributed by atoms with Crippen LogP contribution in [0.25, 0.3) is 0 Å². The first-order chi connectivity index (χ1) is 13.8. The second-order valence-corrected chi connectivity index (χ2v) is 8.64. The van der Waals surface area contributed by atoms with Gasteiger partial charge in [-0.05, 0) is 32.0 Å². The number of amides is 1. The number of methoxy groups -OCH3 is 2. The number of aryl methyl sites for hydroxylation is 2. The summed E-state index contributed by atoms with van der Waals surface area (Å²) in [4.78, 5) is 32.4. The lowest BCUT2D eigenvalue weighted by atomic mass is 9.94. The molecule has 1 atom stereocenters. The molecule has 1 amide bonds. The fourth-order valence-corrected chi connectivity index (χ4v) is 4.67. The van der Waals surface area contributed by atoms with Gasteiger partial charge in [0.15, 0.2) is 5.76 Å². The van der Waals surface area contributed by atoms with Crippen LogP contribution in [0.5, 0.6) is 5.75 Å². The fourth-order valence-electron chi connectivity index (χ4n) is 3.41. The summed E-state index contributed by atoms with van der Waals surface area (Å²) in [5, 5.41) is 11.4. The number of hydrogen-bond acceptors (Lipinski definition) is 7. The van der Waals surface area contributed by atoms with Crippen LogP contribution in [0, 0.1) is 13.8 Å². The molecule has 0 bridgehead atoms. The topological polar surface area (TPSA) is 89.0 Å². The van der Waals surface area contributed by atoms with Gasteiger partial charge in [-0.15, -0.1) is 11.3 Å². The molecule has 0 aliphatic carbocycles. The zero-order valence-corrected chi connectivity index (χ0v) is 18.9. The molecule has 2 heterocycles. The highest BCUT2D eigenvalue weighted by Gasteiger charge is 2.45. The maximum Gasteiger partial charge on any atom is 0.290 e. The van der Waals surface area contributed by atoms with Crippen molar-refractivity contribution >= 4 is 39.0 Å². The predicted octanol–water partition coefficient (Wildman–Crippen LogP) is 3.76. The molecule has 2 aromatic rings. The Morgan fingerprint density at radius 2 is 2.07 bits per heavy atom. The Morgan fingerprint density at radius 1 is 1.34 bits per heavy atom. The molecule has 29 heavy (non-hydrogen) atoms. The Kier molecular flexibility index (Phi) is 6.40. The molecule has 3 rings (SSSR count). The van der Waals surface area contributed by atoms with Crippen molar-refractivity contribution in [2.45, 2.75) is 19.9 Å². The molecule has 1 aromatic carbocycles. The van der Waals surface area contributed by atoms with Gasteiger partial charge in [-0.1, -0.05) is 15.9 Å². The number of aliphatic hydroxyl groups is 1. The summed E-state index contributed by atoms with van der Waals surface area (Å²) in [6, 6.07) is 4.53. The van der Waals surface area contributed by atoms with Crippen LogP contribution in [0.1, 0.15) is 32.0 Å². The molecule has 0 radical (unpaired) electrons. The summed E-state index contributed by atoms with van der Waals surface area (Å²) in [5.74, 6) is -1.07. The summed E-state index contributed by atoms with van der Waals surface area (Å²) in [5.41, 5.74) is 1.19. The summed E-state index contributed by atoms with van der Waals surface area (Å²) in [6.07, 6.45) is 0. The van der Waals surface area contributed by atoms with Crippen molar-refractivity contribution in [1.29, 1.82) is 0 Å². The number of nitrogens with zero attached hydrogens (tertiary/aromatic N) is 2. The third kappa shape index (κ3) is 3.94. The van der Waals surface area contributed by atoms with Crippen LogP contribution < -0.4 is 4.74 Å². The Morgan fingerprint density at radius 3 is 2.66 bits per heavy atom. The highest BCUT2D eigenvalue weighted by Crippen LogP contribution is 2.43. The van der Waals surface area contributed by atoms with Crippen molar-refractivity contribution in [2.75, 3.05) is 27.4 Å². The summed E-state index contributed by atoms with van der Waals surface area (Å²) >= 11 is 4.68. The number of hydrogen-bond donors (Lipinski definition) is 1. The molecule has 0 saturated carbocycles. The largest absolute Gasteiger partial charge is 0.503 e. The minimum absolute atomic E-state index is 0.0225. The Bertz CT molecular complexity index is 1000. The SMILES string of the molecule is COCCN1C(=O)C(O)=C(C(=O)c2sc(C)nc2C)C1c1cc(Br)ccc1OC. The molecule has 0 fully saturated rings. The number of aliphatic hydroxyl groups excluding tert-OH is 1. The van der Waals surface area contributed by atoms with E-state index in [0.717, 1.165) is 9.48 Å². The van der Waals surface area contributed by atoms with Crippen LogP contribution in [0.3, 0.4) is 0 Å². The number of ketones is 1. The zero-order valence-electron chi connectivity index (χ0n) is 16.5. The molecule has 7 nitrogen and oxygen atoms in total. The second kappa shape index (κ2) is 8.64. The molecule has 1 N–H and O–H groups in total. The number of thiazole rings is 1. The quantitative estimate of drug-likeness (QED) is 0.606. The average molecular weight is 481 g/mol. The first-order valence-electron chi connectivity index (χ1n) is 8.85. The Balaban J connectivity index is 2.18. The molecular weight excluding hydrogens is 460 g/mol. The summed E-state index contributed by atoms with van der Waals surface area (Å²) in [6.45, 7) is 4.01. The summed E-state index contributed by atoms with van der Waals surface area (Å²) in [7, 11) is 3.04. The van der Waals surface area contributed by atoms with Crippen LogP contribution in [-0.4, -0.2) is 54.1 Å². The third-order valence-corrected chi connectivity index (χ3v) is 6.25. The van der Waals surface area contributed by atoms with E-state index in [2.05, 4.69) is 20.9 Å². The number of benzene rings is 1. The van der Waals surface area contributed by atoms with E-state index in [1.807, 2.05) is 6.92 Å². The van der Waals surface area contributed by atoms with E-state index in [1.165, 1.54) is 30.5 Å². The van der Waals surface area contributed by atoms with E-state index in [0.29, 0.717) is 21.9 Å². The fraction of sp³-hybridized carbons (Fsp3) is 0.350. The number of carbonyl (C=O) groups excluding carboxylic acids is 2. The monoisotopic (exact) mass is 480 g/mol. The number of halogens is 1. The third-order valence-electron chi connectivity index (χ3n) is 4.68. The van der Waals surface area contributed by atoms with E-state index >= 15 is 0 Å². The van der Waals surface area contributed by atoms with E-state index in [1.54, 1.807) is 25.1 Å². The Labute approximate surface area is 181 Å². The lowest BCUT2D eigenvalue weighted by molar-refractivity contribution is -0.130. The van der Waals surface area contributed by atoms with Crippen molar-refractivity contribution in [3.63, 3.8) is 0 Å². The van der Waals surface area contributed by atoms with Crippen LogP contribution in [0.2, 0.25) is 0 Å². The van der Waals surface area contributed by atoms with Gasteiger partial charge < -0.3 is 19.5 Å². The van der Waals surface area contributed by atoms with Crippen molar-refractivity contribution in [3.05, 3.63) is 55.1 Å². The normalized spacial score (nSPS) is 16.7. The number of aromatic nitrogens is 1. The van der Waals surface area contributed by atoms with Crippen molar-refractivity contribution < 1.29 is 24.2 Å². The van der Waals surface area contributed by atoms with Gasteiger partial charge >= 0.3 is 0 Å². The molecule has 0 saturated heterocycles. The summed E-state index contributed by atoms with van der Waals surface area (Å²) < 4.78 is 11.4. The van der Waals surface area contributed by atoms with Crippen molar-refractivity contribution in [2.24, 2.45) is 0 Å². The molecule has 154 valence electrons. The van der Waals surface area contributed by atoms with Crippen LogP contribution in [-0.2, 0) is 9.53 Å². The second-order valence-electron chi connectivity index (χ2n) is 6.52. The highest BCUT2D eigenvalue weighted by atomic mass is 79.9. The van der Waals surface area contributed by atoms with E-state index in [-0.39, 0.29) is 18.7 Å². The molecular formula is C20H21BrN2O5S. The molecule has 1 aliphatic rings. The van der Waals surface area contributed by atoms with Crippen LogP contribution in [0.4, 0.5) is 0 Å². The van der Waals surface area contributed by atoms with Gasteiger partial charge in [-0.3, -0.25) is 9.59 Å². The molecule has 1 aliphatic heterocycles. The van der Waals surface area contributed by atoms with Crippen LogP contribution >= 0.6 is 27.3 Å². The van der Waals surface area contributed by atoms with Gasteiger partial charge in [0.05, 0.1) is 40.9 Å². The van der Waals surface area contributed by atoms with Crippen molar-refractivity contribution in [3.8, 4) is 5.75 Å². The minimum Gasteiger partial charge on any atom is -0.503 e. The van der Waals surface area contributed by atoms with E-state index in [9.17, 15) is 14.7 Å². The molecule has 1 unspecified atom stereocenters. The van der Waals surface area contributed by atoms with E-state index < -0.39 is 23.5 Å². The van der Waals surface area contributed by atoms with Gasteiger partial charge in [-0.2, -0.15) is 0 Å². The van der Waals surface area contributed by atoms with Crippen LogP contribution in [0.15, 0.2) is 34.0 Å². The highest BCUT2D eigenvalue weighted by molar-refractivity contribution is 9.10. The average Bonchev–Trinajstić information content (AvgIpc) is 3.15. The van der Waals surface area contributed by atoms with Crippen molar-refractivity contribution in [1.82, 2.24) is 9.88 Å². The van der Waals surface area contributed by atoms with Gasteiger partial charge in [-0.25, -0.2) is 4.98 Å². The molecule has 1 aromatic heterocycles. The maximum atomic E-state index is 13.4. The number of Topliss-reactive ketones (excluding diaryl/α,β-unsaturated/α-hetero) is 1. The van der Waals surface area contributed by atoms with Gasteiger partial charge in [0, 0.05) is 23.7 Å². The van der Waals surface area contributed by atoms with Gasteiger partial charge in [0.25, 0.3) is 5.91 Å². The first-order valence-corrected chi connectivity index (χ1v) is 10.5. The lowest BCUT2D eigenvalue weighted by Gasteiger charge is -2.27. The van der Waals surface area contributed by atoms with Gasteiger partial charge in [0.1, 0.15) is 5.75 Å². The maximum absolute atomic E-state index is 13.4. The van der Waals surface area contributed by atoms with Gasteiger partial charge in [0.2, 0.25) is 5.78 Å². The number of ether oxygens (including phenoxy) is 2. The predicted molar refractivity (Wildman–Crippen MR) is 113 cm³/mol. The molecule has 9 heteroatoms. The number of carbonyl (C=O) groups is 2. The number of rotatable bonds is 7. The van der Waals surface area contributed by atoms with E-state index in [4.69, 9.17) is 9.47 Å². The molecule has 0 spiro atoms. The minimum atomic E-state index is -0.806. The standard InChI is InChI=1S/C20H21BrN2O5S/c1-10-19(29-11(2)22-10)17(24)15-16(13-9-12(21)5-6-14(13)28-4)23(7-8-27-3)20(26)18(15)25/h5-6,9,16,25H,7-8H2,1-4H3. The lowest BCUT2D eigenvalue weighted by Crippen LogP contribution is -2.34. The smallest absolute Gasteiger partial charge is 0.290 e. The Hall–Kier alpha value is -2.23. The zero-order chi connectivity index (χ0) is 21.3. The first kappa shape index (κ1) is 21.5.